The second kappa shape index (κ2) is 7.12. The minimum absolute atomic E-state index is 0.0717. The number of likely N-dealkylation sites (tertiary alicyclic amines) is 1. The number of carbonyl (C=O) groups excluding carboxylic acids is 1. The first-order valence-corrected chi connectivity index (χ1v) is 9.10. The topological polar surface area (TPSA) is 51.0 Å². The van der Waals surface area contributed by atoms with Gasteiger partial charge in [0.2, 0.25) is 0 Å². The summed E-state index contributed by atoms with van der Waals surface area (Å²) in [4.78, 5) is 19.4. The average molecular weight is 346 g/mol. The number of carbonyl (C=O) groups is 1. The molecule has 26 heavy (non-hydrogen) atoms. The summed E-state index contributed by atoms with van der Waals surface area (Å²) < 4.78 is 1.78. The molecule has 1 fully saturated rings. The first-order valence-electron chi connectivity index (χ1n) is 9.10. The maximum Gasteiger partial charge on any atom is 0.257 e. The molecule has 1 saturated heterocycles. The third-order valence-electron chi connectivity index (χ3n) is 5.05. The van der Waals surface area contributed by atoms with E-state index in [2.05, 4.69) is 34.3 Å². The Morgan fingerprint density at radius 1 is 1.15 bits per heavy atom. The third-order valence-corrected chi connectivity index (χ3v) is 5.05. The number of amides is 1. The third kappa shape index (κ3) is 3.01. The van der Waals surface area contributed by atoms with E-state index in [1.807, 2.05) is 36.1 Å². The predicted molar refractivity (Wildman–Crippen MR) is 100 cm³/mol. The predicted octanol–water partition coefficient (Wildman–Crippen LogP) is 3.46. The van der Waals surface area contributed by atoms with E-state index in [9.17, 15) is 4.79 Å². The largest absolute Gasteiger partial charge is 0.338 e. The molecule has 0 unspecified atom stereocenters. The van der Waals surface area contributed by atoms with Crippen LogP contribution in [0.2, 0.25) is 0 Å². The SMILES string of the molecule is CCc1c(C(=O)N2CC[C@H](c3ccccc3)C2)cnn1-c1ccccn1. The zero-order chi connectivity index (χ0) is 17.9. The van der Waals surface area contributed by atoms with Crippen LogP contribution in [-0.2, 0) is 6.42 Å². The van der Waals surface area contributed by atoms with Crippen LogP contribution in [0.5, 0.6) is 0 Å². The standard InChI is InChI=1S/C21H22N4O/c1-2-19-18(14-23-25(19)20-10-6-7-12-22-20)21(26)24-13-11-17(15-24)16-8-4-3-5-9-16/h3-10,12,14,17H,2,11,13,15H2,1H3/t17-/m0/s1. The fraction of sp³-hybridized carbons (Fsp3) is 0.286. The molecule has 0 bridgehead atoms. The van der Waals surface area contributed by atoms with E-state index in [0.29, 0.717) is 11.5 Å². The molecule has 1 atom stereocenters. The van der Waals surface area contributed by atoms with Crippen molar-refractivity contribution in [1.29, 1.82) is 0 Å². The van der Waals surface area contributed by atoms with Crippen LogP contribution in [0.25, 0.3) is 5.82 Å². The highest BCUT2D eigenvalue weighted by molar-refractivity contribution is 5.95. The van der Waals surface area contributed by atoms with E-state index in [0.717, 1.165) is 37.4 Å². The molecular formula is C21H22N4O. The van der Waals surface area contributed by atoms with Crippen LogP contribution in [0.4, 0.5) is 0 Å². The lowest BCUT2D eigenvalue weighted by Crippen LogP contribution is -2.29. The Kier molecular flexibility index (Phi) is 4.52. The highest BCUT2D eigenvalue weighted by Gasteiger charge is 2.30. The molecule has 3 heterocycles. The fourth-order valence-corrected chi connectivity index (χ4v) is 3.68. The molecule has 0 saturated carbocycles. The van der Waals surface area contributed by atoms with Gasteiger partial charge < -0.3 is 4.90 Å². The maximum absolute atomic E-state index is 13.1. The summed E-state index contributed by atoms with van der Waals surface area (Å²) in [7, 11) is 0. The lowest BCUT2D eigenvalue weighted by molar-refractivity contribution is 0.0789. The van der Waals surface area contributed by atoms with Crippen LogP contribution in [0.15, 0.2) is 60.9 Å². The van der Waals surface area contributed by atoms with Crippen LogP contribution >= 0.6 is 0 Å². The summed E-state index contributed by atoms with van der Waals surface area (Å²) in [6.07, 6.45) is 5.16. The van der Waals surface area contributed by atoms with Gasteiger partial charge in [-0.15, -0.1) is 0 Å². The molecule has 0 spiro atoms. The smallest absolute Gasteiger partial charge is 0.257 e. The van der Waals surface area contributed by atoms with Gasteiger partial charge in [-0.3, -0.25) is 4.79 Å². The van der Waals surface area contributed by atoms with Crippen molar-refractivity contribution in [2.75, 3.05) is 13.1 Å². The van der Waals surface area contributed by atoms with E-state index in [1.54, 1.807) is 17.1 Å². The fourth-order valence-electron chi connectivity index (χ4n) is 3.68. The second-order valence-electron chi connectivity index (χ2n) is 6.61. The molecule has 5 nitrogen and oxygen atoms in total. The summed E-state index contributed by atoms with van der Waals surface area (Å²) in [5.74, 6) is 1.23. The number of pyridine rings is 1. The summed E-state index contributed by atoms with van der Waals surface area (Å²) >= 11 is 0. The molecule has 0 radical (unpaired) electrons. The molecule has 3 aromatic rings. The lowest BCUT2D eigenvalue weighted by Gasteiger charge is -2.17. The van der Waals surface area contributed by atoms with Gasteiger partial charge in [0.25, 0.3) is 5.91 Å². The van der Waals surface area contributed by atoms with Crippen LogP contribution in [0.3, 0.4) is 0 Å². The number of nitrogens with zero attached hydrogens (tertiary/aromatic N) is 4. The van der Waals surface area contributed by atoms with Crippen molar-refractivity contribution in [2.24, 2.45) is 0 Å². The van der Waals surface area contributed by atoms with Crippen molar-refractivity contribution in [1.82, 2.24) is 19.7 Å². The molecular weight excluding hydrogens is 324 g/mol. The van der Waals surface area contributed by atoms with Gasteiger partial charge >= 0.3 is 0 Å². The van der Waals surface area contributed by atoms with Crippen LogP contribution in [0, 0.1) is 0 Å². The van der Waals surface area contributed by atoms with Crippen LogP contribution in [0.1, 0.15) is 40.9 Å². The van der Waals surface area contributed by atoms with E-state index in [4.69, 9.17) is 0 Å². The first kappa shape index (κ1) is 16.5. The molecule has 1 aromatic carbocycles. The van der Waals surface area contributed by atoms with Crippen molar-refractivity contribution < 1.29 is 4.79 Å². The van der Waals surface area contributed by atoms with E-state index in [1.165, 1.54) is 5.56 Å². The number of hydrogen-bond donors (Lipinski definition) is 0. The Balaban J connectivity index is 1.57. The van der Waals surface area contributed by atoms with Gasteiger partial charge in [-0.1, -0.05) is 43.3 Å². The van der Waals surface area contributed by atoms with Crippen LogP contribution < -0.4 is 0 Å². The van der Waals surface area contributed by atoms with Crippen molar-refractivity contribution in [3.63, 3.8) is 0 Å². The number of rotatable bonds is 4. The highest BCUT2D eigenvalue weighted by Crippen LogP contribution is 2.28. The monoisotopic (exact) mass is 346 g/mol. The van der Waals surface area contributed by atoms with Crippen LogP contribution in [-0.4, -0.2) is 38.7 Å². The molecule has 1 aliphatic heterocycles. The summed E-state index contributed by atoms with van der Waals surface area (Å²) in [5.41, 5.74) is 2.91. The molecule has 0 N–H and O–H groups in total. The normalized spacial score (nSPS) is 16.8. The van der Waals surface area contributed by atoms with Crippen molar-refractivity contribution in [3.8, 4) is 5.82 Å². The summed E-state index contributed by atoms with van der Waals surface area (Å²) in [6, 6.07) is 16.2. The Hall–Kier alpha value is -2.95. The highest BCUT2D eigenvalue weighted by atomic mass is 16.2. The van der Waals surface area contributed by atoms with Gasteiger partial charge in [-0.2, -0.15) is 5.10 Å². The van der Waals surface area contributed by atoms with Gasteiger partial charge in [-0.05, 0) is 30.5 Å². The van der Waals surface area contributed by atoms with Gasteiger partial charge in [0.05, 0.1) is 17.5 Å². The lowest BCUT2D eigenvalue weighted by atomic mass is 9.99. The van der Waals surface area contributed by atoms with Gasteiger partial charge in [0.15, 0.2) is 5.82 Å². The average Bonchev–Trinajstić information content (AvgIpc) is 3.36. The van der Waals surface area contributed by atoms with Crippen molar-refractivity contribution >= 4 is 5.91 Å². The summed E-state index contributed by atoms with van der Waals surface area (Å²) in [5, 5.41) is 4.43. The number of benzene rings is 1. The number of aromatic nitrogens is 3. The van der Waals surface area contributed by atoms with E-state index < -0.39 is 0 Å². The van der Waals surface area contributed by atoms with E-state index >= 15 is 0 Å². The maximum atomic E-state index is 13.1. The Labute approximate surface area is 153 Å². The zero-order valence-corrected chi connectivity index (χ0v) is 14.9. The van der Waals surface area contributed by atoms with Crippen molar-refractivity contribution in [3.05, 3.63) is 77.7 Å². The second-order valence-corrected chi connectivity index (χ2v) is 6.61. The molecule has 2 aromatic heterocycles. The minimum atomic E-state index is 0.0717. The molecule has 1 aliphatic rings. The Bertz CT molecular complexity index is 889. The minimum Gasteiger partial charge on any atom is -0.338 e. The molecule has 0 aliphatic carbocycles. The molecule has 4 rings (SSSR count). The quantitative estimate of drug-likeness (QED) is 0.727. The summed E-state index contributed by atoms with van der Waals surface area (Å²) in [6.45, 7) is 3.60. The number of hydrogen-bond acceptors (Lipinski definition) is 3. The molecule has 5 heteroatoms. The van der Waals surface area contributed by atoms with Gasteiger partial charge in [0, 0.05) is 25.2 Å². The van der Waals surface area contributed by atoms with Crippen molar-refractivity contribution in [2.45, 2.75) is 25.7 Å². The Morgan fingerprint density at radius 3 is 2.69 bits per heavy atom. The Morgan fingerprint density at radius 2 is 1.96 bits per heavy atom. The van der Waals surface area contributed by atoms with Gasteiger partial charge in [0.1, 0.15) is 0 Å². The molecule has 1 amide bonds. The first-order chi connectivity index (χ1) is 12.8. The van der Waals surface area contributed by atoms with Gasteiger partial charge in [-0.25, -0.2) is 9.67 Å². The van der Waals surface area contributed by atoms with E-state index in [-0.39, 0.29) is 5.91 Å². The molecule has 132 valence electrons. The zero-order valence-electron chi connectivity index (χ0n) is 14.9.